The Bertz CT molecular complexity index is 378. The maximum Gasteiger partial charge on any atom is 0.228 e. The zero-order chi connectivity index (χ0) is 12.0. The maximum atomic E-state index is 11.4. The second-order valence-corrected chi connectivity index (χ2v) is 3.34. The number of nitrogens with two attached hydrogens (primary N) is 1. The molecule has 1 heterocycles. The van der Waals surface area contributed by atoms with Gasteiger partial charge in [-0.15, -0.1) is 0 Å². The summed E-state index contributed by atoms with van der Waals surface area (Å²) in [7, 11) is 0. The first-order valence-electron chi connectivity index (χ1n) is 4.79. The van der Waals surface area contributed by atoms with E-state index in [4.69, 9.17) is 10.9 Å². The molecule has 1 amide bonds. The van der Waals surface area contributed by atoms with Crippen LogP contribution in [-0.2, 0) is 4.79 Å². The van der Waals surface area contributed by atoms with Gasteiger partial charge in [0.05, 0.1) is 12.5 Å². The number of aromatic nitrogens is 1. The lowest BCUT2D eigenvalue weighted by Crippen LogP contribution is -2.30. The Labute approximate surface area is 93.2 Å². The molecule has 0 saturated heterocycles. The van der Waals surface area contributed by atoms with Crippen molar-refractivity contribution in [2.24, 2.45) is 10.9 Å². The molecule has 0 bridgehead atoms. The number of oxime groups is 1. The van der Waals surface area contributed by atoms with Gasteiger partial charge in [0.15, 0.2) is 0 Å². The maximum absolute atomic E-state index is 11.4. The molecule has 0 aliphatic heterocycles. The number of nitrogens with zero attached hydrogens (tertiary/aromatic N) is 2. The summed E-state index contributed by atoms with van der Waals surface area (Å²) in [5.41, 5.74) is 6.16. The fraction of sp³-hybridized carbons (Fsp3) is 0.300. The third-order valence-corrected chi connectivity index (χ3v) is 2.05. The number of rotatable bonds is 4. The summed E-state index contributed by atoms with van der Waals surface area (Å²) < 4.78 is 0. The molecule has 16 heavy (non-hydrogen) atoms. The summed E-state index contributed by atoms with van der Waals surface area (Å²) in [4.78, 5) is 15.3. The standard InChI is InChI=1S/C10H14N4O2/c1-7(8-2-4-12-5-3-8)13-10(15)6-9(11)14-16/h2-5,7,16H,6H2,1H3,(H2,11,14)(H,13,15). The lowest BCUT2D eigenvalue weighted by molar-refractivity contribution is -0.120. The van der Waals surface area contributed by atoms with Crippen LogP contribution in [0.15, 0.2) is 29.7 Å². The van der Waals surface area contributed by atoms with Crippen LogP contribution < -0.4 is 11.1 Å². The predicted molar refractivity (Wildman–Crippen MR) is 58.8 cm³/mol. The molecule has 0 aromatic carbocycles. The third kappa shape index (κ3) is 3.56. The van der Waals surface area contributed by atoms with Crippen LogP contribution in [0.5, 0.6) is 0 Å². The number of amidine groups is 1. The second kappa shape index (κ2) is 5.69. The van der Waals surface area contributed by atoms with E-state index in [2.05, 4.69) is 15.5 Å². The van der Waals surface area contributed by atoms with Crippen LogP contribution in [-0.4, -0.2) is 21.9 Å². The van der Waals surface area contributed by atoms with Gasteiger partial charge in [0, 0.05) is 12.4 Å². The lowest BCUT2D eigenvalue weighted by atomic mass is 10.1. The first-order valence-corrected chi connectivity index (χ1v) is 4.79. The van der Waals surface area contributed by atoms with Crippen molar-refractivity contribution in [3.8, 4) is 0 Å². The first kappa shape index (κ1) is 12.0. The van der Waals surface area contributed by atoms with Crippen molar-refractivity contribution in [2.45, 2.75) is 19.4 Å². The van der Waals surface area contributed by atoms with Gasteiger partial charge in [-0.1, -0.05) is 5.16 Å². The monoisotopic (exact) mass is 222 g/mol. The van der Waals surface area contributed by atoms with Gasteiger partial charge in [0.2, 0.25) is 5.91 Å². The average molecular weight is 222 g/mol. The first-order chi connectivity index (χ1) is 7.63. The van der Waals surface area contributed by atoms with Crippen molar-refractivity contribution in [3.05, 3.63) is 30.1 Å². The minimum absolute atomic E-state index is 0.112. The highest BCUT2D eigenvalue weighted by atomic mass is 16.4. The number of hydrogen-bond donors (Lipinski definition) is 3. The summed E-state index contributed by atoms with van der Waals surface area (Å²) in [6, 6.07) is 3.49. The van der Waals surface area contributed by atoms with E-state index >= 15 is 0 Å². The molecular weight excluding hydrogens is 208 g/mol. The van der Waals surface area contributed by atoms with Crippen molar-refractivity contribution in [3.63, 3.8) is 0 Å². The summed E-state index contributed by atoms with van der Waals surface area (Å²) in [5, 5.41) is 13.8. The Hall–Kier alpha value is -2.11. The van der Waals surface area contributed by atoms with Gasteiger partial charge in [-0.05, 0) is 24.6 Å². The zero-order valence-electron chi connectivity index (χ0n) is 8.92. The molecule has 0 spiro atoms. The largest absolute Gasteiger partial charge is 0.409 e. The van der Waals surface area contributed by atoms with E-state index in [9.17, 15) is 4.79 Å². The van der Waals surface area contributed by atoms with E-state index in [1.165, 1.54) is 0 Å². The fourth-order valence-electron chi connectivity index (χ4n) is 1.23. The molecule has 1 atom stereocenters. The topological polar surface area (TPSA) is 101 Å². The Morgan fingerprint density at radius 3 is 2.81 bits per heavy atom. The van der Waals surface area contributed by atoms with Crippen molar-refractivity contribution in [1.29, 1.82) is 0 Å². The van der Waals surface area contributed by atoms with E-state index < -0.39 is 0 Å². The van der Waals surface area contributed by atoms with E-state index in [1.54, 1.807) is 12.4 Å². The third-order valence-electron chi connectivity index (χ3n) is 2.05. The number of pyridine rings is 1. The average Bonchev–Trinajstić information content (AvgIpc) is 2.29. The minimum Gasteiger partial charge on any atom is -0.409 e. The van der Waals surface area contributed by atoms with Gasteiger partial charge in [0.25, 0.3) is 0 Å². The number of carbonyl (C=O) groups excluding carboxylic acids is 1. The van der Waals surface area contributed by atoms with Crippen molar-refractivity contribution >= 4 is 11.7 Å². The molecule has 86 valence electrons. The van der Waals surface area contributed by atoms with Crippen molar-refractivity contribution in [1.82, 2.24) is 10.3 Å². The Kier molecular flexibility index (Phi) is 4.26. The number of hydrogen-bond acceptors (Lipinski definition) is 4. The smallest absolute Gasteiger partial charge is 0.228 e. The number of amides is 1. The van der Waals surface area contributed by atoms with Crippen LogP contribution in [0.3, 0.4) is 0 Å². The van der Waals surface area contributed by atoms with Gasteiger partial charge in [-0.2, -0.15) is 0 Å². The van der Waals surface area contributed by atoms with Crippen LogP contribution in [0, 0.1) is 0 Å². The highest BCUT2D eigenvalue weighted by Crippen LogP contribution is 2.09. The number of carbonyl (C=O) groups is 1. The molecular formula is C10H14N4O2. The van der Waals surface area contributed by atoms with Crippen molar-refractivity contribution < 1.29 is 10.0 Å². The summed E-state index contributed by atoms with van der Waals surface area (Å²) >= 11 is 0. The van der Waals surface area contributed by atoms with Crippen LogP contribution >= 0.6 is 0 Å². The highest BCUT2D eigenvalue weighted by Gasteiger charge is 2.10. The molecule has 0 aliphatic carbocycles. The summed E-state index contributed by atoms with van der Waals surface area (Å²) in [6.45, 7) is 1.85. The highest BCUT2D eigenvalue weighted by molar-refractivity contribution is 5.98. The van der Waals surface area contributed by atoms with Gasteiger partial charge >= 0.3 is 0 Å². The molecule has 4 N–H and O–H groups in total. The quantitative estimate of drug-likeness (QED) is 0.297. The fourth-order valence-corrected chi connectivity index (χ4v) is 1.23. The van der Waals surface area contributed by atoms with Crippen molar-refractivity contribution in [2.75, 3.05) is 0 Å². The SMILES string of the molecule is CC(NC(=O)C/C(N)=N/O)c1ccncc1. The van der Waals surface area contributed by atoms with Gasteiger partial charge in [-0.3, -0.25) is 9.78 Å². The lowest BCUT2D eigenvalue weighted by Gasteiger charge is -2.13. The zero-order valence-corrected chi connectivity index (χ0v) is 8.92. The van der Waals surface area contributed by atoms with Gasteiger partial charge in [0.1, 0.15) is 5.84 Å². The molecule has 1 aromatic heterocycles. The van der Waals surface area contributed by atoms with Crippen LogP contribution in [0.25, 0.3) is 0 Å². The molecule has 0 radical (unpaired) electrons. The minimum atomic E-state index is -0.292. The molecule has 1 aromatic rings. The van der Waals surface area contributed by atoms with E-state index in [1.807, 2.05) is 19.1 Å². The van der Waals surface area contributed by atoms with E-state index in [0.717, 1.165) is 5.56 Å². The molecule has 0 fully saturated rings. The van der Waals surface area contributed by atoms with E-state index in [-0.39, 0.29) is 24.2 Å². The molecule has 6 heteroatoms. The van der Waals surface area contributed by atoms with Gasteiger partial charge < -0.3 is 16.3 Å². The van der Waals surface area contributed by atoms with Crippen LogP contribution in [0.2, 0.25) is 0 Å². The van der Waals surface area contributed by atoms with E-state index in [0.29, 0.717) is 0 Å². The molecule has 0 saturated carbocycles. The second-order valence-electron chi connectivity index (χ2n) is 3.34. The summed E-state index contributed by atoms with van der Waals surface area (Å²) in [6.07, 6.45) is 3.19. The number of nitrogens with one attached hydrogen (secondary N) is 1. The van der Waals surface area contributed by atoms with Gasteiger partial charge in [-0.25, -0.2) is 0 Å². The molecule has 1 rings (SSSR count). The molecule has 1 unspecified atom stereocenters. The summed E-state index contributed by atoms with van der Waals surface area (Å²) in [5.74, 6) is -0.404. The molecule has 0 aliphatic rings. The van der Waals surface area contributed by atoms with Crippen LogP contribution in [0.1, 0.15) is 24.9 Å². The Morgan fingerprint density at radius 2 is 2.25 bits per heavy atom. The Morgan fingerprint density at radius 1 is 1.62 bits per heavy atom. The predicted octanol–water partition coefficient (Wildman–Crippen LogP) is 0.395. The Balaban J connectivity index is 2.52. The normalized spacial score (nSPS) is 13.2. The van der Waals surface area contributed by atoms with Crippen LogP contribution in [0.4, 0.5) is 0 Å². The molecule has 6 nitrogen and oxygen atoms in total.